The molecule has 0 radical (unpaired) electrons. The maximum absolute atomic E-state index is 13.2. The zero-order chi connectivity index (χ0) is 17.4. The predicted molar refractivity (Wildman–Crippen MR) is 85.4 cm³/mol. The number of ketones is 1. The number of alkyl halides is 3. The van der Waals surface area contributed by atoms with Gasteiger partial charge in [-0.2, -0.15) is 13.2 Å². The maximum atomic E-state index is 13.2. The Labute approximate surface area is 132 Å². The molecule has 0 aromatic heterocycles. The van der Waals surface area contributed by atoms with Crippen molar-refractivity contribution in [2.75, 3.05) is 19.0 Å². The summed E-state index contributed by atoms with van der Waals surface area (Å²) in [5.74, 6) is -0.111. The van der Waals surface area contributed by atoms with Crippen molar-refractivity contribution in [1.82, 2.24) is 0 Å². The fourth-order valence-corrected chi connectivity index (χ4v) is 2.24. The first-order valence-electron chi connectivity index (χ1n) is 6.98. The summed E-state index contributed by atoms with van der Waals surface area (Å²) >= 11 is 0. The molecule has 0 unspecified atom stereocenters. The molecule has 0 saturated heterocycles. The summed E-state index contributed by atoms with van der Waals surface area (Å²) in [7, 11) is 3.11. The van der Waals surface area contributed by atoms with Gasteiger partial charge in [0.25, 0.3) is 0 Å². The fraction of sp³-hybridized carbons (Fsp3) is 0.294. The Morgan fingerprint density at radius 2 is 1.70 bits per heavy atom. The lowest BCUT2D eigenvalue weighted by atomic mass is 9.98. The highest BCUT2D eigenvalue weighted by Gasteiger charge is 2.34. The zero-order valence-electron chi connectivity index (χ0n) is 13.3. The quantitative estimate of drug-likeness (QED) is 0.760. The Morgan fingerprint density at radius 3 is 2.26 bits per heavy atom. The molecule has 0 amide bonds. The molecule has 1 aromatic carbocycles. The highest BCUT2D eigenvalue weighted by Crippen LogP contribution is 2.38. The number of aliphatic imine (C=N–C) groups is 1. The van der Waals surface area contributed by atoms with E-state index in [1.54, 1.807) is 34.0 Å². The van der Waals surface area contributed by atoms with Gasteiger partial charge in [-0.25, -0.2) is 4.99 Å². The standard InChI is InChI=1S/C17H17F3N2O/c1-10-8-16(23)11(2)7-14(10)21-12-5-6-15(22(3)4)13(9-12)17(18,19)20/h5-9H,1-4H3. The summed E-state index contributed by atoms with van der Waals surface area (Å²) in [5, 5.41) is 0. The van der Waals surface area contributed by atoms with Gasteiger partial charge in [0.1, 0.15) is 0 Å². The highest BCUT2D eigenvalue weighted by molar-refractivity contribution is 6.22. The molecule has 122 valence electrons. The molecule has 0 aliphatic heterocycles. The SMILES string of the molecule is CC1=CC(=Nc2ccc(N(C)C)c(C(F)(F)F)c2)C(C)=CC1=O. The summed E-state index contributed by atoms with van der Waals surface area (Å²) in [6.45, 7) is 3.36. The first-order valence-corrected chi connectivity index (χ1v) is 6.98. The first kappa shape index (κ1) is 17.0. The number of carbonyl (C=O) groups excluding carboxylic acids is 1. The smallest absolute Gasteiger partial charge is 0.377 e. The van der Waals surface area contributed by atoms with Gasteiger partial charge in [-0.1, -0.05) is 0 Å². The number of anilines is 1. The Balaban J connectivity index is 2.52. The molecule has 0 atom stereocenters. The number of halogens is 3. The second-order valence-electron chi connectivity index (χ2n) is 5.61. The molecule has 0 heterocycles. The van der Waals surface area contributed by atoms with Gasteiger partial charge in [-0.3, -0.25) is 4.79 Å². The number of rotatable bonds is 2. The molecular formula is C17H17F3N2O. The van der Waals surface area contributed by atoms with Gasteiger partial charge in [0.15, 0.2) is 5.78 Å². The average molecular weight is 322 g/mol. The second-order valence-corrected chi connectivity index (χ2v) is 5.61. The molecule has 3 nitrogen and oxygen atoms in total. The lowest BCUT2D eigenvalue weighted by Crippen LogP contribution is -2.16. The van der Waals surface area contributed by atoms with Crippen LogP contribution in [-0.2, 0) is 11.0 Å². The van der Waals surface area contributed by atoms with Gasteiger partial charge >= 0.3 is 6.18 Å². The van der Waals surface area contributed by atoms with Crippen LogP contribution in [0.2, 0.25) is 0 Å². The van der Waals surface area contributed by atoms with E-state index < -0.39 is 11.7 Å². The molecule has 1 aliphatic carbocycles. The van der Waals surface area contributed by atoms with Crippen LogP contribution in [0.1, 0.15) is 19.4 Å². The molecule has 0 fully saturated rings. The van der Waals surface area contributed by atoms with Crippen LogP contribution in [0.5, 0.6) is 0 Å². The third-order valence-corrected chi connectivity index (χ3v) is 3.51. The normalized spacial score (nSPS) is 17.2. The van der Waals surface area contributed by atoms with Crippen LogP contribution >= 0.6 is 0 Å². The average Bonchev–Trinajstić information content (AvgIpc) is 2.43. The Bertz CT molecular complexity index is 741. The number of allylic oxidation sites excluding steroid dienone is 4. The highest BCUT2D eigenvalue weighted by atomic mass is 19.4. The van der Waals surface area contributed by atoms with Crippen LogP contribution in [0.25, 0.3) is 0 Å². The zero-order valence-corrected chi connectivity index (χ0v) is 13.3. The summed E-state index contributed by atoms with van der Waals surface area (Å²) in [6, 6.07) is 3.95. The van der Waals surface area contributed by atoms with Crippen LogP contribution in [0.4, 0.5) is 24.5 Å². The van der Waals surface area contributed by atoms with Gasteiger partial charge in [0.2, 0.25) is 0 Å². The number of carbonyl (C=O) groups is 1. The van der Waals surface area contributed by atoms with Crippen LogP contribution in [-0.4, -0.2) is 25.6 Å². The molecule has 23 heavy (non-hydrogen) atoms. The summed E-state index contributed by atoms with van der Waals surface area (Å²) in [5.41, 5.74) is 1.18. The lowest BCUT2D eigenvalue weighted by molar-refractivity contribution is -0.137. The van der Waals surface area contributed by atoms with E-state index in [4.69, 9.17) is 0 Å². The van der Waals surface area contributed by atoms with Crippen molar-refractivity contribution >= 4 is 22.9 Å². The molecule has 0 spiro atoms. The van der Waals surface area contributed by atoms with Crippen molar-refractivity contribution in [2.45, 2.75) is 20.0 Å². The molecule has 0 bridgehead atoms. The fourth-order valence-electron chi connectivity index (χ4n) is 2.24. The molecule has 1 aromatic rings. The number of benzene rings is 1. The van der Waals surface area contributed by atoms with Gasteiger partial charge in [-0.05, 0) is 55.3 Å². The molecular weight excluding hydrogens is 305 g/mol. The van der Waals surface area contributed by atoms with Crippen molar-refractivity contribution < 1.29 is 18.0 Å². The van der Waals surface area contributed by atoms with E-state index in [0.717, 1.165) is 6.07 Å². The predicted octanol–water partition coefficient (Wildman–Crippen LogP) is 4.32. The monoisotopic (exact) mass is 322 g/mol. The number of nitrogens with zero attached hydrogens (tertiary/aromatic N) is 2. The van der Waals surface area contributed by atoms with E-state index in [0.29, 0.717) is 16.9 Å². The molecule has 0 N–H and O–H groups in total. The summed E-state index contributed by atoms with van der Waals surface area (Å²) in [6.07, 6.45) is -1.44. The summed E-state index contributed by atoms with van der Waals surface area (Å²) in [4.78, 5) is 17.2. The van der Waals surface area contributed by atoms with E-state index in [2.05, 4.69) is 4.99 Å². The first-order chi connectivity index (χ1) is 10.6. The minimum absolute atomic E-state index is 0.0826. The van der Waals surface area contributed by atoms with Crippen LogP contribution in [0.3, 0.4) is 0 Å². The van der Waals surface area contributed by atoms with Gasteiger partial charge in [-0.15, -0.1) is 0 Å². The maximum Gasteiger partial charge on any atom is 0.418 e. The van der Waals surface area contributed by atoms with Crippen molar-refractivity contribution in [2.24, 2.45) is 4.99 Å². The van der Waals surface area contributed by atoms with Crippen molar-refractivity contribution in [3.63, 3.8) is 0 Å². The van der Waals surface area contributed by atoms with Gasteiger partial charge < -0.3 is 4.90 Å². The van der Waals surface area contributed by atoms with E-state index in [1.165, 1.54) is 23.1 Å². The number of hydrogen-bond acceptors (Lipinski definition) is 3. The third kappa shape index (κ3) is 3.70. The third-order valence-electron chi connectivity index (χ3n) is 3.51. The lowest BCUT2D eigenvalue weighted by Gasteiger charge is -2.19. The van der Waals surface area contributed by atoms with Gasteiger partial charge in [0.05, 0.1) is 17.0 Å². The van der Waals surface area contributed by atoms with Crippen molar-refractivity contribution in [3.8, 4) is 0 Å². The topological polar surface area (TPSA) is 32.7 Å². The molecule has 2 rings (SSSR count). The number of hydrogen-bond donors (Lipinski definition) is 0. The molecule has 0 saturated carbocycles. The van der Waals surface area contributed by atoms with Gasteiger partial charge in [0, 0.05) is 19.8 Å². The molecule has 6 heteroatoms. The Hall–Kier alpha value is -2.37. The summed E-state index contributed by atoms with van der Waals surface area (Å²) < 4.78 is 39.6. The minimum Gasteiger partial charge on any atom is -0.377 e. The largest absolute Gasteiger partial charge is 0.418 e. The van der Waals surface area contributed by atoms with Crippen LogP contribution < -0.4 is 4.90 Å². The van der Waals surface area contributed by atoms with Crippen LogP contribution in [0, 0.1) is 0 Å². The van der Waals surface area contributed by atoms with Crippen molar-refractivity contribution in [1.29, 1.82) is 0 Å². The van der Waals surface area contributed by atoms with E-state index >= 15 is 0 Å². The minimum atomic E-state index is -4.46. The van der Waals surface area contributed by atoms with E-state index in [9.17, 15) is 18.0 Å². The van der Waals surface area contributed by atoms with E-state index in [-0.39, 0.29) is 17.2 Å². The Kier molecular flexibility index (Phi) is 4.45. The molecule has 1 aliphatic rings. The van der Waals surface area contributed by atoms with Crippen LogP contribution in [0.15, 0.2) is 46.5 Å². The van der Waals surface area contributed by atoms with Crippen molar-refractivity contribution in [3.05, 3.63) is 47.1 Å². The Morgan fingerprint density at radius 1 is 1.04 bits per heavy atom. The second kappa shape index (κ2) is 6.02. The van der Waals surface area contributed by atoms with E-state index in [1.807, 2.05) is 0 Å².